The summed E-state index contributed by atoms with van der Waals surface area (Å²) in [6.45, 7) is 12.2. The summed E-state index contributed by atoms with van der Waals surface area (Å²) < 4.78 is 60.8. The Labute approximate surface area is 461 Å². The molecule has 11 nitrogen and oxygen atoms in total. The number of aromatic nitrogens is 2. The van der Waals surface area contributed by atoms with Crippen molar-refractivity contribution in [3.8, 4) is 0 Å². The number of carbonyl (C=O) groups excluding carboxylic acids is 3. The number of ether oxygens (including phenoxy) is 1. The maximum Gasteiger partial charge on any atom is 0.407 e. The van der Waals surface area contributed by atoms with E-state index in [4.69, 9.17) is 4.74 Å². The molecule has 2 aromatic heterocycles. The van der Waals surface area contributed by atoms with E-state index in [9.17, 15) is 42.2 Å². The number of aryl methyl sites for hydroxylation is 5. The van der Waals surface area contributed by atoms with Gasteiger partial charge in [0.25, 0.3) is 11.8 Å². The number of hydrogen-bond donors (Lipinski definition) is 4. The fourth-order valence-electron chi connectivity index (χ4n) is 9.03. The smallest absolute Gasteiger partial charge is 0.407 e. The quantitative estimate of drug-likeness (QED) is 0.0489. The summed E-state index contributed by atoms with van der Waals surface area (Å²) in [6.07, 6.45) is 4.93. The highest BCUT2D eigenvalue weighted by atomic mass is 19.1. The van der Waals surface area contributed by atoms with Crippen LogP contribution in [0.25, 0.3) is 0 Å². The Balaban J connectivity index is 0.000000265. The van der Waals surface area contributed by atoms with Crippen LogP contribution in [0.2, 0.25) is 0 Å². The third kappa shape index (κ3) is 19.6. The SMILES string of the molecule is CC(C)(C)OC(=O)N[C@@H](Cc1cc(F)cc(F)c1)C(O)c1ccc(CCc2ccccc2)cn1.CCCN(CCC)C(=O)c1cc(C)cc(C(=O)N[C@@H](Cc2cc(F)cc(F)c2)C(O)c2ccc(CCc3ccccc3)cn2)c1. The third-order valence-electron chi connectivity index (χ3n) is 12.8. The maximum atomic E-state index is 14.1. The Morgan fingerprint density at radius 2 is 0.962 bits per heavy atom. The molecule has 0 spiro atoms. The summed E-state index contributed by atoms with van der Waals surface area (Å²) >= 11 is 0. The topological polar surface area (TPSA) is 154 Å². The second-order valence-corrected chi connectivity index (χ2v) is 20.7. The van der Waals surface area contributed by atoms with Crippen LogP contribution in [0, 0.1) is 30.2 Å². The highest BCUT2D eigenvalue weighted by Crippen LogP contribution is 2.24. The van der Waals surface area contributed by atoms with Crippen LogP contribution in [0.3, 0.4) is 0 Å². The molecular weight excluding hydrogens is 1010 g/mol. The molecule has 2 unspecified atom stereocenters. The molecule has 0 radical (unpaired) electrons. The van der Waals surface area contributed by atoms with Crippen molar-refractivity contribution in [2.45, 2.75) is 123 Å². The van der Waals surface area contributed by atoms with E-state index in [1.807, 2.05) is 69.3 Å². The first kappa shape index (κ1) is 60.5. The monoisotopic (exact) mass is 1080 g/mol. The van der Waals surface area contributed by atoms with E-state index in [1.54, 1.807) is 68.4 Å². The average molecular weight is 1080 g/mol. The summed E-state index contributed by atoms with van der Waals surface area (Å²) in [5.74, 6) is -3.65. The summed E-state index contributed by atoms with van der Waals surface area (Å²) in [7, 11) is 0. The van der Waals surface area contributed by atoms with Crippen molar-refractivity contribution in [1.29, 1.82) is 0 Å². The number of pyridine rings is 2. The maximum absolute atomic E-state index is 14.1. The van der Waals surface area contributed by atoms with Gasteiger partial charge in [-0.05, 0) is 173 Å². The predicted octanol–water partition coefficient (Wildman–Crippen LogP) is 12.1. The Bertz CT molecular complexity index is 3020. The van der Waals surface area contributed by atoms with Crippen molar-refractivity contribution in [3.05, 3.63) is 237 Å². The number of aliphatic hydroxyl groups excluding tert-OH is 2. The van der Waals surface area contributed by atoms with Crippen LogP contribution < -0.4 is 10.6 Å². The van der Waals surface area contributed by atoms with Gasteiger partial charge < -0.3 is 30.5 Å². The number of benzene rings is 5. The molecule has 416 valence electrons. The van der Waals surface area contributed by atoms with Crippen LogP contribution in [0.5, 0.6) is 0 Å². The van der Waals surface area contributed by atoms with Crippen LogP contribution >= 0.6 is 0 Å². The molecule has 0 aliphatic carbocycles. The minimum absolute atomic E-state index is 0.0213. The minimum Gasteiger partial charge on any atom is -0.444 e. The van der Waals surface area contributed by atoms with Crippen molar-refractivity contribution in [1.82, 2.24) is 25.5 Å². The van der Waals surface area contributed by atoms with Crippen molar-refractivity contribution in [2.75, 3.05) is 13.1 Å². The van der Waals surface area contributed by atoms with Crippen molar-refractivity contribution in [2.24, 2.45) is 0 Å². The molecule has 4 N–H and O–H groups in total. The van der Waals surface area contributed by atoms with Crippen molar-refractivity contribution >= 4 is 17.9 Å². The first-order valence-corrected chi connectivity index (χ1v) is 26.7. The molecule has 3 amide bonds. The Kier molecular flexibility index (Phi) is 22.4. The van der Waals surface area contributed by atoms with Gasteiger partial charge in [0.05, 0.1) is 23.5 Å². The van der Waals surface area contributed by atoms with Gasteiger partial charge in [-0.2, -0.15) is 0 Å². The molecule has 0 saturated heterocycles. The number of halogens is 4. The van der Waals surface area contributed by atoms with Crippen LogP contribution in [0.1, 0.15) is 131 Å². The van der Waals surface area contributed by atoms with Gasteiger partial charge in [-0.1, -0.05) is 86.6 Å². The van der Waals surface area contributed by atoms with Crippen molar-refractivity contribution < 1.29 is 46.9 Å². The van der Waals surface area contributed by atoms with Gasteiger partial charge in [0, 0.05) is 48.7 Å². The Hall–Kier alpha value is -7.75. The second kappa shape index (κ2) is 29.3. The fraction of sp³-hybridized carbons (Fsp3) is 0.328. The molecule has 0 aliphatic rings. The zero-order valence-electron chi connectivity index (χ0n) is 45.7. The van der Waals surface area contributed by atoms with Gasteiger partial charge in [0.2, 0.25) is 0 Å². The fourth-order valence-corrected chi connectivity index (χ4v) is 9.03. The Morgan fingerprint density at radius 1 is 0.544 bits per heavy atom. The van der Waals surface area contributed by atoms with E-state index < -0.39 is 65.2 Å². The lowest BCUT2D eigenvalue weighted by Gasteiger charge is -2.26. The van der Waals surface area contributed by atoms with Gasteiger partial charge in [0.15, 0.2) is 0 Å². The molecule has 0 aliphatic heterocycles. The first-order chi connectivity index (χ1) is 37.7. The van der Waals surface area contributed by atoms with E-state index in [2.05, 4.69) is 44.9 Å². The number of nitrogens with zero attached hydrogens (tertiary/aromatic N) is 3. The highest BCUT2D eigenvalue weighted by molar-refractivity contribution is 6.00. The standard InChI is InChI=1S/C37H41F2N3O3.C27H30F2N2O3/c1-4-15-42(16-5-2)37(45)30-18-25(3)17-29(22-30)36(44)41-34(21-28-19-31(38)23-32(39)20-28)35(43)33-14-13-27(24-40-33)12-11-26-9-7-6-8-10-26;1-27(2,3)34-26(33)31-24(15-20-13-21(28)16-22(29)14-20)25(32)23-12-11-19(17-30-23)10-9-18-7-5-4-6-8-18/h6-10,13-14,17-20,22-24,34-35,43H,4-5,11-12,15-16,21H2,1-3H3,(H,41,44);4-8,11-14,16-17,24-25,32H,9-10,15H2,1-3H3,(H,31,33)/t34-,35?;24-,25?/m00/s1. The molecule has 7 rings (SSSR count). The molecular formula is C64H71F4N5O6. The van der Waals surface area contributed by atoms with Gasteiger partial charge in [-0.15, -0.1) is 0 Å². The van der Waals surface area contributed by atoms with Gasteiger partial charge >= 0.3 is 6.09 Å². The number of aliphatic hydroxyl groups is 2. The van der Waals surface area contributed by atoms with E-state index in [0.717, 1.165) is 67.3 Å². The van der Waals surface area contributed by atoms with Crippen molar-refractivity contribution in [3.63, 3.8) is 0 Å². The second-order valence-electron chi connectivity index (χ2n) is 20.7. The molecule has 4 atom stereocenters. The third-order valence-corrected chi connectivity index (χ3v) is 12.8. The van der Waals surface area contributed by atoms with Crippen LogP contribution in [0.15, 0.2) is 152 Å². The molecule has 5 aromatic carbocycles. The molecule has 15 heteroatoms. The largest absolute Gasteiger partial charge is 0.444 e. The number of alkyl carbamates (subject to hydrolysis) is 1. The summed E-state index contributed by atoms with van der Waals surface area (Å²) in [4.78, 5) is 49.9. The first-order valence-electron chi connectivity index (χ1n) is 26.7. The van der Waals surface area contributed by atoms with Gasteiger partial charge in [-0.25, -0.2) is 22.4 Å². The van der Waals surface area contributed by atoms with E-state index in [0.29, 0.717) is 30.0 Å². The van der Waals surface area contributed by atoms with E-state index in [1.165, 1.54) is 35.4 Å². The Morgan fingerprint density at radius 3 is 1.37 bits per heavy atom. The van der Waals surface area contributed by atoms with Gasteiger partial charge in [0.1, 0.15) is 41.1 Å². The molecule has 2 heterocycles. The number of hydrogen-bond acceptors (Lipinski definition) is 8. The lowest BCUT2D eigenvalue weighted by atomic mass is 9.97. The lowest BCUT2D eigenvalue weighted by molar-refractivity contribution is 0.0417. The average Bonchev–Trinajstić information content (AvgIpc) is 3.42. The molecule has 7 aromatic rings. The molecule has 0 saturated carbocycles. The molecule has 0 bridgehead atoms. The number of amides is 3. The zero-order valence-corrected chi connectivity index (χ0v) is 45.7. The highest BCUT2D eigenvalue weighted by Gasteiger charge is 2.29. The predicted molar refractivity (Wildman–Crippen MR) is 298 cm³/mol. The number of nitrogens with one attached hydrogen (secondary N) is 2. The normalized spacial score (nSPS) is 12.8. The van der Waals surface area contributed by atoms with Crippen LogP contribution in [-0.4, -0.2) is 73.8 Å². The van der Waals surface area contributed by atoms with E-state index in [-0.39, 0.29) is 35.4 Å². The summed E-state index contributed by atoms with van der Waals surface area (Å²) in [6, 6.07) is 36.6. The summed E-state index contributed by atoms with van der Waals surface area (Å²) in [5.41, 5.74) is 6.26. The minimum atomic E-state index is -1.28. The van der Waals surface area contributed by atoms with Crippen LogP contribution in [-0.2, 0) is 43.3 Å². The molecule has 0 fully saturated rings. The van der Waals surface area contributed by atoms with E-state index >= 15 is 0 Å². The summed E-state index contributed by atoms with van der Waals surface area (Å²) in [5, 5.41) is 27.9. The molecule has 79 heavy (non-hydrogen) atoms. The van der Waals surface area contributed by atoms with Crippen LogP contribution in [0.4, 0.5) is 22.4 Å². The zero-order chi connectivity index (χ0) is 57.1. The lowest BCUT2D eigenvalue weighted by Crippen LogP contribution is -2.43. The number of carbonyl (C=O) groups is 3. The van der Waals surface area contributed by atoms with Gasteiger partial charge in [-0.3, -0.25) is 19.6 Å². The number of rotatable bonds is 22.